The van der Waals surface area contributed by atoms with Crippen LogP contribution in [0.25, 0.3) is 5.69 Å². The summed E-state index contributed by atoms with van der Waals surface area (Å²) >= 11 is 1.86. The number of benzene rings is 1. The molecule has 0 amide bonds. The van der Waals surface area contributed by atoms with E-state index < -0.39 is 0 Å². The molecule has 1 aromatic heterocycles. The van der Waals surface area contributed by atoms with E-state index in [2.05, 4.69) is 50.0 Å². The molecule has 6 heteroatoms. The number of aromatic nitrogens is 3. The number of morpholine rings is 1. The summed E-state index contributed by atoms with van der Waals surface area (Å²) in [6.45, 7) is 3.26. The summed E-state index contributed by atoms with van der Waals surface area (Å²) in [6.07, 6.45) is 6.90. The molecule has 134 valence electrons. The zero-order valence-electron chi connectivity index (χ0n) is 14.6. The number of anilines is 1. The molecule has 2 aromatic rings. The molecule has 1 aliphatic carbocycles. The zero-order chi connectivity index (χ0) is 16.9. The van der Waals surface area contributed by atoms with Crippen molar-refractivity contribution >= 4 is 17.7 Å². The van der Waals surface area contributed by atoms with Gasteiger partial charge in [-0.15, -0.1) is 10.2 Å². The molecule has 0 bridgehead atoms. The van der Waals surface area contributed by atoms with Gasteiger partial charge in [0.2, 0.25) is 5.95 Å². The summed E-state index contributed by atoms with van der Waals surface area (Å²) in [7, 11) is 0. The molecule has 1 aromatic carbocycles. The van der Waals surface area contributed by atoms with E-state index >= 15 is 0 Å². The van der Waals surface area contributed by atoms with E-state index in [1.54, 1.807) is 0 Å². The van der Waals surface area contributed by atoms with E-state index in [1.165, 1.54) is 32.1 Å². The van der Waals surface area contributed by atoms with Crippen LogP contribution in [0.5, 0.6) is 0 Å². The molecule has 2 aliphatic rings. The number of hydrogen-bond acceptors (Lipinski definition) is 5. The second-order valence-corrected chi connectivity index (χ2v) is 7.86. The van der Waals surface area contributed by atoms with Gasteiger partial charge in [0.05, 0.1) is 18.9 Å². The predicted molar refractivity (Wildman–Crippen MR) is 102 cm³/mol. The molecular weight excluding hydrogens is 332 g/mol. The molecule has 5 nitrogen and oxygen atoms in total. The van der Waals surface area contributed by atoms with Crippen molar-refractivity contribution in [3.8, 4) is 5.69 Å². The molecule has 0 spiro atoms. The minimum Gasteiger partial charge on any atom is -0.378 e. The summed E-state index contributed by atoms with van der Waals surface area (Å²) in [5.74, 6) is 2.92. The van der Waals surface area contributed by atoms with Crippen LogP contribution in [0.15, 0.2) is 35.5 Å². The highest BCUT2D eigenvalue weighted by Crippen LogP contribution is 2.32. The van der Waals surface area contributed by atoms with Crippen molar-refractivity contribution in [2.24, 2.45) is 5.92 Å². The molecule has 1 saturated heterocycles. The van der Waals surface area contributed by atoms with Gasteiger partial charge < -0.3 is 9.64 Å². The third-order valence-corrected chi connectivity index (χ3v) is 6.26. The highest BCUT2D eigenvalue weighted by molar-refractivity contribution is 7.99. The lowest BCUT2D eigenvalue weighted by atomic mass is 9.91. The van der Waals surface area contributed by atoms with Crippen LogP contribution >= 0.6 is 11.8 Å². The lowest BCUT2D eigenvalue weighted by molar-refractivity contribution is 0.122. The number of rotatable bonds is 5. The summed E-state index contributed by atoms with van der Waals surface area (Å²) in [6, 6.07) is 10.5. The smallest absolute Gasteiger partial charge is 0.232 e. The van der Waals surface area contributed by atoms with Gasteiger partial charge in [0, 0.05) is 18.8 Å². The van der Waals surface area contributed by atoms with Crippen molar-refractivity contribution in [2.75, 3.05) is 37.0 Å². The number of nitrogens with zero attached hydrogens (tertiary/aromatic N) is 4. The van der Waals surface area contributed by atoms with Gasteiger partial charge in [0.1, 0.15) is 0 Å². The number of para-hydroxylation sites is 1. The molecule has 0 atom stereocenters. The Morgan fingerprint density at radius 1 is 1.00 bits per heavy atom. The fraction of sp³-hybridized carbons (Fsp3) is 0.579. The van der Waals surface area contributed by atoms with Crippen LogP contribution < -0.4 is 4.90 Å². The Morgan fingerprint density at radius 3 is 2.52 bits per heavy atom. The standard InChI is InChI=1S/C19H26N4OS/c1-3-7-16(8-4-1)15-25-19-21-20-18(22-11-13-24-14-12-22)23(19)17-9-5-2-6-10-17/h2,5-6,9-10,16H,1,3-4,7-8,11-15H2. The van der Waals surface area contributed by atoms with E-state index in [-0.39, 0.29) is 0 Å². The Kier molecular flexibility index (Phi) is 5.57. The first-order valence-corrected chi connectivity index (χ1v) is 10.4. The van der Waals surface area contributed by atoms with Crippen LogP contribution in [0.4, 0.5) is 5.95 Å². The van der Waals surface area contributed by atoms with Crippen molar-refractivity contribution in [2.45, 2.75) is 37.3 Å². The van der Waals surface area contributed by atoms with E-state index in [0.717, 1.165) is 54.8 Å². The van der Waals surface area contributed by atoms with E-state index in [0.29, 0.717) is 0 Å². The second kappa shape index (κ2) is 8.23. The summed E-state index contributed by atoms with van der Waals surface area (Å²) in [4.78, 5) is 2.29. The number of hydrogen-bond donors (Lipinski definition) is 0. The summed E-state index contributed by atoms with van der Waals surface area (Å²) < 4.78 is 7.72. The highest BCUT2D eigenvalue weighted by atomic mass is 32.2. The molecule has 1 saturated carbocycles. The zero-order valence-corrected chi connectivity index (χ0v) is 15.5. The Bertz CT molecular complexity index is 663. The van der Waals surface area contributed by atoms with Gasteiger partial charge >= 0.3 is 0 Å². The van der Waals surface area contributed by atoms with Gasteiger partial charge in [0.25, 0.3) is 0 Å². The van der Waals surface area contributed by atoms with Crippen LogP contribution in [0.3, 0.4) is 0 Å². The average molecular weight is 359 g/mol. The van der Waals surface area contributed by atoms with Gasteiger partial charge in [-0.2, -0.15) is 0 Å². The van der Waals surface area contributed by atoms with E-state index in [1.807, 2.05) is 11.8 Å². The van der Waals surface area contributed by atoms with Crippen molar-refractivity contribution in [3.05, 3.63) is 30.3 Å². The Morgan fingerprint density at radius 2 is 1.76 bits per heavy atom. The van der Waals surface area contributed by atoms with Crippen LogP contribution in [0, 0.1) is 5.92 Å². The predicted octanol–water partition coefficient (Wildman–Crippen LogP) is 3.78. The number of ether oxygens (including phenoxy) is 1. The average Bonchev–Trinajstić information content (AvgIpc) is 3.12. The van der Waals surface area contributed by atoms with Gasteiger partial charge in [0.15, 0.2) is 5.16 Å². The molecule has 1 aliphatic heterocycles. The van der Waals surface area contributed by atoms with Gasteiger partial charge in [-0.05, 0) is 30.9 Å². The van der Waals surface area contributed by atoms with Crippen LogP contribution in [-0.2, 0) is 4.74 Å². The third kappa shape index (κ3) is 4.01. The monoisotopic (exact) mass is 358 g/mol. The third-order valence-electron chi connectivity index (χ3n) is 5.10. The molecule has 0 radical (unpaired) electrons. The van der Waals surface area contributed by atoms with E-state index in [4.69, 9.17) is 4.74 Å². The second-order valence-electron chi connectivity index (χ2n) is 6.87. The normalized spacial score (nSPS) is 19.3. The summed E-state index contributed by atoms with van der Waals surface area (Å²) in [5.41, 5.74) is 1.14. The SMILES string of the molecule is c1ccc(-n2c(SCC3CCCCC3)nnc2N2CCOCC2)cc1. The Balaban J connectivity index is 1.58. The van der Waals surface area contributed by atoms with Crippen molar-refractivity contribution in [1.29, 1.82) is 0 Å². The van der Waals surface area contributed by atoms with Crippen LogP contribution in [0.1, 0.15) is 32.1 Å². The molecule has 2 heterocycles. The molecular formula is C19H26N4OS. The summed E-state index contributed by atoms with van der Waals surface area (Å²) in [5, 5.41) is 10.1. The minimum atomic E-state index is 0.756. The van der Waals surface area contributed by atoms with Crippen molar-refractivity contribution in [3.63, 3.8) is 0 Å². The molecule has 25 heavy (non-hydrogen) atoms. The first-order chi connectivity index (χ1) is 12.4. The Hall–Kier alpha value is -1.53. The van der Waals surface area contributed by atoms with Gasteiger partial charge in [-0.1, -0.05) is 49.2 Å². The Labute approximate surface area is 153 Å². The fourth-order valence-electron chi connectivity index (χ4n) is 3.67. The lowest BCUT2D eigenvalue weighted by Gasteiger charge is -2.28. The molecule has 0 unspecified atom stereocenters. The maximum Gasteiger partial charge on any atom is 0.232 e. The van der Waals surface area contributed by atoms with Gasteiger partial charge in [-0.3, -0.25) is 4.57 Å². The van der Waals surface area contributed by atoms with Crippen LogP contribution in [-0.4, -0.2) is 46.8 Å². The molecule has 4 rings (SSSR count). The highest BCUT2D eigenvalue weighted by Gasteiger charge is 2.23. The molecule has 0 N–H and O–H groups in total. The minimum absolute atomic E-state index is 0.756. The lowest BCUT2D eigenvalue weighted by Crippen LogP contribution is -2.37. The first-order valence-electron chi connectivity index (χ1n) is 9.38. The maximum atomic E-state index is 5.50. The van der Waals surface area contributed by atoms with E-state index in [9.17, 15) is 0 Å². The topological polar surface area (TPSA) is 43.2 Å². The number of thioether (sulfide) groups is 1. The van der Waals surface area contributed by atoms with Gasteiger partial charge in [-0.25, -0.2) is 0 Å². The molecule has 2 fully saturated rings. The van der Waals surface area contributed by atoms with Crippen molar-refractivity contribution < 1.29 is 4.74 Å². The first kappa shape index (κ1) is 16.9. The quantitative estimate of drug-likeness (QED) is 0.761. The maximum absolute atomic E-state index is 5.50. The largest absolute Gasteiger partial charge is 0.378 e. The van der Waals surface area contributed by atoms with Crippen molar-refractivity contribution in [1.82, 2.24) is 14.8 Å². The fourth-order valence-corrected chi connectivity index (χ4v) is 4.81. The van der Waals surface area contributed by atoms with Crippen LogP contribution in [0.2, 0.25) is 0 Å².